The van der Waals surface area contributed by atoms with Gasteiger partial charge in [-0.2, -0.15) is 5.26 Å². The van der Waals surface area contributed by atoms with Crippen LogP contribution in [-0.2, 0) is 0 Å². The van der Waals surface area contributed by atoms with Crippen molar-refractivity contribution in [1.82, 2.24) is 25.5 Å². The van der Waals surface area contributed by atoms with E-state index in [0.717, 1.165) is 31.9 Å². The Bertz CT molecular complexity index is 690. The third-order valence-corrected chi connectivity index (χ3v) is 4.34. The predicted octanol–water partition coefficient (Wildman–Crippen LogP) is 0.322. The van der Waals surface area contributed by atoms with E-state index in [1.54, 1.807) is 7.05 Å². The number of carbonyl (C=O) groups excluding carboxylic acids is 1. The van der Waals surface area contributed by atoms with Gasteiger partial charge in [-0.15, -0.1) is 0 Å². The van der Waals surface area contributed by atoms with Gasteiger partial charge in [-0.3, -0.25) is 14.7 Å². The molecule has 8 nitrogen and oxygen atoms in total. The molecule has 2 heterocycles. The highest BCUT2D eigenvalue weighted by Crippen LogP contribution is 2.18. The van der Waals surface area contributed by atoms with E-state index in [2.05, 4.69) is 44.3 Å². The molecule has 1 saturated heterocycles. The van der Waals surface area contributed by atoms with Crippen LogP contribution >= 0.6 is 0 Å². The summed E-state index contributed by atoms with van der Waals surface area (Å²) in [4.78, 5) is 25.3. The zero-order chi connectivity index (χ0) is 18.3. The zero-order valence-corrected chi connectivity index (χ0v) is 15.0. The Balaban J connectivity index is 1.90. The number of aliphatic imine (C=N–C) groups is 1. The van der Waals surface area contributed by atoms with Gasteiger partial charge in [-0.1, -0.05) is 6.08 Å². The molecule has 8 heteroatoms. The van der Waals surface area contributed by atoms with Crippen LogP contribution in [0.5, 0.6) is 0 Å². The van der Waals surface area contributed by atoms with Gasteiger partial charge in [0.05, 0.1) is 17.4 Å². The minimum atomic E-state index is -0.345. The molecule has 3 N–H and O–H groups in total. The number of nitrogens with one attached hydrogen (secondary N) is 3. The van der Waals surface area contributed by atoms with E-state index in [-0.39, 0.29) is 23.0 Å². The Kier molecular flexibility index (Phi) is 6.44. The molecule has 0 spiro atoms. The largest absolute Gasteiger partial charge is 0.346 e. The fourth-order valence-corrected chi connectivity index (χ4v) is 2.84. The first-order chi connectivity index (χ1) is 12.0. The summed E-state index contributed by atoms with van der Waals surface area (Å²) in [5.41, 5.74) is 1.06. The number of imidazole rings is 1. The van der Waals surface area contributed by atoms with Gasteiger partial charge in [-0.25, -0.2) is 4.98 Å². The van der Waals surface area contributed by atoms with Crippen molar-refractivity contribution in [2.45, 2.75) is 19.4 Å². The lowest BCUT2D eigenvalue weighted by Crippen LogP contribution is -2.56. The van der Waals surface area contributed by atoms with Gasteiger partial charge in [0.1, 0.15) is 11.8 Å². The van der Waals surface area contributed by atoms with Crippen molar-refractivity contribution in [1.29, 1.82) is 5.26 Å². The monoisotopic (exact) mass is 343 g/mol. The third kappa shape index (κ3) is 4.75. The Morgan fingerprint density at radius 3 is 2.84 bits per heavy atom. The van der Waals surface area contributed by atoms with Crippen molar-refractivity contribution >= 4 is 11.6 Å². The minimum Gasteiger partial charge on any atom is -0.346 e. The summed E-state index contributed by atoms with van der Waals surface area (Å²) >= 11 is 0. The number of nitrogens with zero attached hydrogens (tertiary/aromatic N) is 4. The number of hydrogen-bond acceptors (Lipinski definition) is 6. The van der Waals surface area contributed by atoms with Crippen LogP contribution in [-0.4, -0.2) is 71.8 Å². The number of rotatable bonds is 6. The van der Waals surface area contributed by atoms with Gasteiger partial charge in [0, 0.05) is 39.8 Å². The van der Waals surface area contributed by atoms with E-state index in [9.17, 15) is 4.79 Å². The van der Waals surface area contributed by atoms with Crippen molar-refractivity contribution in [2.24, 2.45) is 4.99 Å². The molecule has 1 fully saturated rings. The van der Waals surface area contributed by atoms with Gasteiger partial charge in [-0.05, 0) is 19.9 Å². The topological polar surface area (TPSA) is 109 Å². The fourth-order valence-electron chi connectivity index (χ4n) is 2.84. The van der Waals surface area contributed by atoms with Gasteiger partial charge < -0.3 is 15.6 Å². The molecule has 0 saturated carbocycles. The lowest BCUT2D eigenvalue weighted by atomic mass is 9.94. The van der Waals surface area contributed by atoms with E-state index in [0.29, 0.717) is 6.54 Å². The van der Waals surface area contributed by atoms with E-state index >= 15 is 0 Å². The molecular weight excluding hydrogens is 318 g/mol. The number of aromatic amines is 1. The van der Waals surface area contributed by atoms with Crippen LogP contribution in [0, 0.1) is 11.3 Å². The molecule has 1 aliphatic heterocycles. The number of aromatic nitrogens is 2. The molecule has 0 aromatic carbocycles. The molecule has 2 rings (SSSR count). The van der Waals surface area contributed by atoms with Crippen LogP contribution in [0.3, 0.4) is 0 Å². The molecule has 0 radical (unpaired) electrons. The van der Waals surface area contributed by atoms with Gasteiger partial charge in [0.2, 0.25) is 0 Å². The molecule has 1 aromatic rings. The van der Waals surface area contributed by atoms with Gasteiger partial charge >= 0.3 is 0 Å². The molecule has 134 valence electrons. The molecule has 1 aliphatic rings. The molecule has 25 heavy (non-hydrogen) atoms. The average Bonchev–Trinajstić information content (AvgIpc) is 3.11. The summed E-state index contributed by atoms with van der Waals surface area (Å²) in [7, 11) is 1.79. The summed E-state index contributed by atoms with van der Waals surface area (Å²) in [6.07, 6.45) is 5.16. The standard InChI is InChI=1S/C17H25N7O/c1-17(2,24-9-7-20-8-10-24)14(19-3)5-4-6-21-16(25)15-22-12-13(11-18)23-15/h4-5,12,20H,6-10H2,1-3H3,(H,21,25)(H,22,23)/b5-4-,19-14?. The highest BCUT2D eigenvalue weighted by Gasteiger charge is 2.31. The Labute approximate surface area is 148 Å². The second-order valence-corrected chi connectivity index (χ2v) is 6.27. The van der Waals surface area contributed by atoms with Crippen LogP contribution in [0.4, 0.5) is 0 Å². The fraction of sp³-hybridized carbons (Fsp3) is 0.529. The summed E-state index contributed by atoms with van der Waals surface area (Å²) < 4.78 is 0. The summed E-state index contributed by atoms with van der Waals surface area (Å²) in [6.45, 7) is 8.61. The zero-order valence-electron chi connectivity index (χ0n) is 15.0. The number of piperazine rings is 1. The predicted molar refractivity (Wildman–Crippen MR) is 96.7 cm³/mol. The lowest BCUT2D eigenvalue weighted by molar-refractivity contribution is 0.0948. The molecule has 0 bridgehead atoms. The summed E-state index contributed by atoms with van der Waals surface area (Å²) in [5.74, 6) is -0.210. The van der Waals surface area contributed by atoms with Crippen LogP contribution in [0.1, 0.15) is 30.2 Å². The third-order valence-electron chi connectivity index (χ3n) is 4.34. The SMILES string of the molecule is CN=C(/C=C\CNC(=O)c1ncc(C#N)[nH]1)C(C)(C)N1CCNCC1. The number of nitriles is 1. The smallest absolute Gasteiger partial charge is 0.287 e. The Hall–Kier alpha value is -2.50. The normalized spacial score (nSPS) is 16.8. The quantitative estimate of drug-likeness (QED) is 0.645. The molecule has 0 aliphatic carbocycles. The number of amides is 1. The molecular formula is C17H25N7O. The van der Waals surface area contributed by atoms with E-state index in [4.69, 9.17) is 5.26 Å². The molecule has 0 unspecified atom stereocenters. The maximum absolute atomic E-state index is 11.9. The Morgan fingerprint density at radius 2 is 2.24 bits per heavy atom. The number of H-pyrrole nitrogens is 1. The van der Waals surface area contributed by atoms with E-state index < -0.39 is 0 Å². The second kappa shape index (κ2) is 8.55. The number of hydrogen-bond donors (Lipinski definition) is 3. The number of carbonyl (C=O) groups is 1. The first kappa shape index (κ1) is 18.8. The summed E-state index contributed by atoms with van der Waals surface area (Å²) in [6, 6.07) is 1.90. The first-order valence-corrected chi connectivity index (χ1v) is 8.32. The molecule has 1 amide bonds. The highest BCUT2D eigenvalue weighted by atomic mass is 16.2. The van der Waals surface area contributed by atoms with Crippen LogP contribution in [0.15, 0.2) is 23.3 Å². The van der Waals surface area contributed by atoms with E-state index in [1.165, 1.54) is 6.20 Å². The van der Waals surface area contributed by atoms with Crippen molar-refractivity contribution in [3.63, 3.8) is 0 Å². The van der Waals surface area contributed by atoms with Crippen molar-refractivity contribution in [3.05, 3.63) is 29.9 Å². The first-order valence-electron chi connectivity index (χ1n) is 8.32. The molecule has 0 atom stereocenters. The van der Waals surface area contributed by atoms with Crippen LogP contribution in [0.25, 0.3) is 0 Å². The molecule has 1 aromatic heterocycles. The lowest BCUT2D eigenvalue weighted by Gasteiger charge is -2.41. The maximum Gasteiger partial charge on any atom is 0.287 e. The second-order valence-electron chi connectivity index (χ2n) is 6.27. The van der Waals surface area contributed by atoms with E-state index in [1.807, 2.05) is 18.2 Å². The van der Waals surface area contributed by atoms with Crippen molar-refractivity contribution < 1.29 is 4.79 Å². The summed E-state index contributed by atoms with van der Waals surface area (Å²) in [5, 5.41) is 14.8. The Morgan fingerprint density at radius 1 is 1.52 bits per heavy atom. The minimum absolute atomic E-state index is 0.135. The van der Waals surface area contributed by atoms with Crippen molar-refractivity contribution in [2.75, 3.05) is 39.8 Å². The van der Waals surface area contributed by atoms with Gasteiger partial charge in [0.15, 0.2) is 5.82 Å². The van der Waals surface area contributed by atoms with Crippen LogP contribution in [0.2, 0.25) is 0 Å². The average molecular weight is 343 g/mol. The van der Waals surface area contributed by atoms with Crippen molar-refractivity contribution in [3.8, 4) is 6.07 Å². The van der Waals surface area contributed by atoms with Gasteiger partial charge in [0.25, 0.3) is 5.91 Å². The highest BCUT2D eigenvalue weighted by molar-refractivity contribution is 6.02. The van der Waals surface area contributed by atoms with Crippen LogP contribution < -0.4 is 10.6 Å². The maximum atomic E-state index is 11.9.